The number of hydrogen-bond donors (Lipinski definition) is 1. The molecule has 0 radical (unpaired) electrons. The molecule has 0 bridgehead atoms. The summed E-state index contributed by atoms with van der Waals surface area (Å²) in [6, 6.07) is 13.9. The lowest BCUT2D eigenvalue weighted by molar-refractivity contribution is 0.568. The summed E-state index contributed by atoms with van der Waals surface area (Å²) in [4.78, 5) is 10.2. The van der Waals surface area contributed by atoms with Crippen molar-refractivity contribution in [1.29, 1.82) is 0 Å². The molecule has 3 heteroatoms. The summed E-state index contributed by atoms with van der Waals surface area (Å²) in [5.41, 5.74) is 2.38. The molecular weight excluding hydrogens is 229 g/mol. The number of hydrogen-bond acceptors (Lipinski definition) is 2. The van der Waals surface area contributed by atoms with Crippen LogP contribution in [0.1, 0.15) is 5.56 Å². The Morgan fingerprint density at radius 2 is 1.94 bits per heavy atom. The third-order valence-corrected chi connectivity index (χ3v) is 2.53. The lowest BCUT2D eigenvalue weighted by Crippen LogP contribution is -1.96. The van der Waals surface area contributed by atoms with Crippen molar-refractivity contribution in [2.24, 2.45) is 0 Å². The van der Waals surface area contributed by atoms with Gasteiger partial charge in [0, 0.05) is 23.9 Å². The van der Waals surface area contributed by atoms with Gasteiger partial charge in [0.15, 0.2) is 0 Å². The van der Waals surface area contributed by atoms with Crippen molar-refractivity contribution in [1.82, 2.24) is 0 Å². The van der Waals surface area contributed by atoms with Crippen LogP contribution in [0.2, 0.25) is 0 Å². The first kappa shape index (κ1) is 12.1. The summed E-state index contributed by atoms with van der Waals surface area (Å²) in [6.07, 6.45) is 1.81. The molecule has 18 heavy (non-hydrogen) atoms. The van der Waals surface area contributed by atoms with Crippen molar-refractivity contribution in [2.45, 2.75) is 6.42 Å². The van der Waals surface area contributed by atoms with Crippen LogP contribution in [0.25, 0.3) is 0 Å². The van der Waals surface area contributed by atoms with E-state index in [4.69, 9.17) is 0 Å². The molecule has 2 rings (SSSR count). The van der Waals surface area contributed by atoms with Crippen LogP contribution in [-0.4, -0.2) is 5.94 Å². The van der Waals surface area contributed by atoms with Crippen molar-refractivity contribution in [2.75, 3.05) is 5.32 Å². The van der Waals surface area contributed by atoms with Crippen LogP contribution in [0.4, 0.5) is 15.8 Å². The summed E-state index contributed by atoms with van der Waals surface area (Å²) < 4.78 is 13.2. The predicted octanol–water partition coefficient (Wildman–Crippen LogP) is 3.50. The summed E-state index contributed by atoms with van der Waals surface area (Å²) >= 11 is 0. The highest BCUT2D eigenvalue weighted by atomic mass is 19.1. The Morgan fingerprint density at radius 3 is 2.67 bits per heavy atom. The molecule has 0 aliphatic rings. The molecule has 0 atom stereocenters. The highest BCUT2D eigenvalue weighted by Crippen LogP contribution is 2.22. The quantitative estimate of drug-likeness (QED) is 0.830. The second-order valence-corrected chi connectivity index (χ2v) is 3.82. The Morgan fingerprint density at radius 1 is 1.17 bits per heavy atom. The maximum Gasteiger partial charge on any atom is 0.125 e. The highest BCUT2D eigenvalue weighted by molar-refractivity contribution is 5.64. The third kappa shape index (κ3) is 3.06. The fourth-order valence-electron chi connectivity index (χ4n) is 1.67. The van der Waals surface area contributed by atoms with Crippen LogP contribution >= 0.6 is 0 Å². The highest BCUT2D eigenvalue weighted by Gasteiger charge is 2.03. The van der Waals surface area contributed by atoms with Gasteiger partial charge < -0.3 is 5.32 Å². The molecule has 0 spiro atoms. The van der Waals surface area contributed by atoms with E-state index in [0.717, 1.165) is 11.3 Å². The fraction of sp³-hybridized carbons (Fsp3) is 0.0667. The van der Waals surface area contributed by atoms with E-state index in [9.17, 15) is 9.18 Å². The molecule has 0 saturated heterocycles. The molecule has 0 aliphatic carbocycles. The van der Waals surface area contributed by atoms with Crippen molar-refractivity contribution >= 4 is 17.3 Å². The molecule has 2 aromatic rings. The van der Waals surface area contributed by atoms with E-state index >= 15 is 0 Å². The number of benzene rings is 2. The molecule has 0 heterocycles. The molecule has 0 unspecified atom stereocenters. The predicted molar refractivity (Wildman–Crippen MR) is 70.1 cm³/mol. The van der Waals surface area contributed by atoms with Crippen molar-refractivity contribution in [3.63, 3.8) is 0 Å². The molecule has 2 nitrogen and oxygen atoms in total. The molecule has 90 valence electrons. The Bertz CT molecular complexity index is 574. The molecule has 0 saturated carbocycles. The van der Waals surface area contributed by atoms with E-state index in [1.807, 2.05) is 30.3 Å². The van der Waals surface area contributed by atoms with Crippen LogP contribution < -0.4 is 5.32 Å². The average molecular weight is 241 g/mol. The minimum absolute atomic E-state index is 0.313. The van der Waals surface area contributed by atoms with Gasteiger partial charge in [0.05, 0.1) is 0 Å². The number of carbonyl (C=O) groups excluding carboxylic acids is 1. The largest absolute Gasteiger partial charge is 0.355 e. The van der Waals surface area contributed by atoms with Gasteiger partial charge in [0.2, 0.25) is 0 Å². The van der Waals surface area contributed by atoms with Gasteiger partial charge in [-0.15, -0.1) is 0 Å². The summed E-state index contributed by atoms with van der Waals surface area (Å²) in [7, 11) is 0. The SMILES string of the molecule is O=C=CCc1ccc(F)cc1Nc1ccccc1. The van der Waals surface area contributed by atoms with Crippen molar-refractivity contribution < 1.29 is 9.18 Å². The summed E-state index contributed by atoms with van der Waals surface area (Å²) in [6.45, 7) is 0. The van der Waals surface area contributed by atoms with Crippen LogP contribution in [0.5, 0.6) is 0 Å². The van der Waals surface area contributed by atoms with Gasteiger partial charge in [-0.05, 0) is 29.8 Å². The van der Waals surface area contributed by atoms with Crippen molar-refractivity contribution in [3.05, 3.63) is 66.0 Å². The smallest absolute Gasteiger partial charge is 0.125 e. The van der Waals surface area contributed by atoms with Gasteiger partial charge in [-0.1, -0.05) is 24.3 Å². The molecular formula is C15H12FNO. The maximum absolute atomic E-state index is 13.2. The van der Waals surface area contributed by atoms with Crippen LogP contribution in [-0.2, 0) is 11.2 Å². The first-order valence-corrected chi connectivity index (χ1v) is 5.59. The van der Waals surface area contributed by atoms with Gasteiger partial charge >= 0.3 is 0 Å². The average Bonchev–Trinajstić information content (AvgIpc) is 2.39. The van der Waals surface area contributed by atoms with Crippen LogP contribution in [0.15, 0.2) is 54.6 Å². The van der Waals surface area contributed by atoms with Gasteiger partial charge in [0.25, 0.3) is 0 Å². The van der Waals surface area contributed by atoms with E-state index in [1.165, 1.54) is 18.2 Å². The lowest BCUT2D eigenvalue weighted by Gasteiger charge is -2.10. The summed E-state index contributed by atoms with van der Waals surface area (Å²) in [5, 5.41) is 3.13. The van der Waals surface area contributed by atoms with E-state index in [1.54, 1.807) is 12.0 Å². The van der Waals surface area contributed by atoms with Gasteiger partial charge in [-0.25, -0.2) is 9.18 Å². The number of rotatable bonds is 4. The molecule has 2 aromatic carbocycles. The second-order valence-electron chi connectivity index (χ2n) is 3.82. The van der Waals surface area contributed by atoms with E-state index in [2.05, 4.69) is 5.32 Å². The zero-order valence-corrected chi connectivity index (χ0v) is 9.69. The van der Waals surface area contributed by atoms with Crippen LogP contribution in [0, 0.1) is 5.82 Å². The van der Waals surface area contributed by atoms with Gasteiger partial charge in [0.1, 0.15) is 11.8 Å². The molecule has 0 aliphatic heterocycles. The third-order valence-electron chi connectivity index (χ3n) is 2.53. The number of para-hydroxylation sites is 1. The Kier molecular flexibility index (Phi) is 3.90. The Labute approximate surface area is 105 Å². The first-order valence-electron chi connectivity index (χ1n) is 5.59. The fourth-order valence-corrected chi connectivity index (χ4v) is 1.67. The standard InChI is InChI=1S/C15H12FNO/c16-13-9-8-12(5-4-10-18)15(11-13)17-14-6-2-1-3-7-14/h1-4,6-9,11,17H,5H2. The maximum atomic E-state index is 13.2. The van der Waals surface area contributed by atoms with E-state index < -0.39 is 0 Å². The van der Waals surface area contributed by atoms with Crippen LogP contribution in [0.3, 0.4) is 0 Å². The molecule has 0 amide bonds. The normalized spacial score (nSPS) is 9.61. The van der Waals surface area contributed by atoms with Gasteiger partial charge in [-0.3, -0.25) is 0 Å². The van der Waals surface area contributed by atoms with E-state index in [-0.39, 0.29) is 5.82 Å². The number of nitrogens with one attached hydrogen (secondary N) is 1. The molecule has 0 aromatic heterocycles. The Balaban J connectivity index is 2.30. The van der Waals surface area contributed by atoms with Gasteiger partial charge in [-0.2, -0.15) is 0 Å². The zero-order chi connectivity index (χ0) is 12.8. The monoisotopic (exact) mass is 241 g/mol. The minimum atomic E-state index is -0.313. The number of halogens is 1. The second kappa shape index (κ2) is 5.80. The molecule has 1 N–H and O–H groups in total. The molecule has 0 fully saturated rings. The summed E-state index contributed by atoms with van der Waals surface area (Å²) in [5.74, 6) is 1.41. The number of allylic oxidation sites excluding steroid dienone is 1. The Hall–Kier alpha value is -2.38. The van der Waals surface area contributed by atoms with E-state index in [0.29, 0.717) is 12.1 Å². The topological polar surface area (TPSA) is 29.1 Å². The minimum Gasteiger partial charge on any atom is -0.355 e. The first-order chi connectivity index (χ1) is 8.79. The van der Waals surface area contributed by atoms with Crippen molar-refractivity contribution in [3.8, 4) is 0 Å². The lowest BCUT2D eigenvalue weighted by atomic mass is 10.1. The number of anilines is 2. The zero-order valence-electron chi connectivity index (χ0n) is 9.69.